The number of imidazole rings is 1. The lowest BCUT2D eigenvalue weighted by atomic mass is 10.1. The van der Waals surface area contributed by atoms with Crippen molar-refractivity contribution < 1.29 is 23.7 Å². The molecule has 2 aliphatic heterocycles. The Morgan fingerprint density at radius 1 is 1.24 bits per heavy atom. The van der Waals surface area contributed by atoms with E-state index in [0.29, 0.717) is 11.2 Å². The predicted molar refractivity (Wildman–Crippen MR) is 116 cm³/mol. The summed E-state index contributed by atoms with van der Waals surface area (Å²) in [6.45, 7) is 3.57. The number of nitrogens with two attached hydrogens (primary N) is 1. The number of nitrogen functional groups attached to an aromatic ring is 1. The minimum Gasteiger partial charge on any atom is -0.445 e. The molecule has 12 heteroatoms. The second kappa shape index (κ2) is 8.39. The van der Waals surface area contributed by atoms with Crippen molar-refractivity contribution in [3.8, 4) is 0 Å². The number of hydrazone groups is 1. The van der Waals surface area contributed by atoms with Crippen LogP contribution in [-0.2, 0) is 18.9 Å². The summed E-state index contributed by atoms with van der Waals surface area (Å²) in [5, 5.41) is 3.89. The number of amides is 1. The van der Waals surface area contributed by atoms with E-state index in [0.717, 1.165) is 5.56 Å². The summed E-state index contributed by atoms with van der Waals surface area (Å²) in [5.41, 5.74) is 10.1. The smallest absolute Gasteiger partial charge is 0.427 e. The lowest BCUT2D eigenvalue weighted by Crippen LogP contribution is -2.34. The fourth-order valence-electron chi connectivity index (χ4n) is 3.96. The Hall–Kier alpha value is -3.61. The fourth-order valence-corrected chi connectivity index (χ4v) is 3.96. The van der Waals surface area contributed by atoms with Crippen LogP contribution in [0.4, 0.5) is 10.6 Å². The van der Waals surface area contributed by atoms with Crippen molar-refractivity contribution in [1.29, 1.82) is 0 Å². The Balaban J connectivity index is 1.28. The van der Waals surface area contributed by atoms with Gasteiger partial charge >= 0.3 is 6.09 Å². The van der Waals surface area contributed by atoms with Crippen molar-refractivity contribution >= 4 is 29.3 Å². The molecule has 1 aromatic carbocycles. The second-order valence-electron chi connectivity index (χ2n) is 8.09. The molecule has 0 spiro atoms. The molecule has 3 aromatic rings. The standard InChI is InChI=1S/C21H23N7O5/c1-21(2)32-15-13(9-30-20(29)27-26-8-12-6-4-3-5-7-12)31-19(16(15)33-21)28-11-25-14-17(22)23-10-24-18(14)28/h3-8,10-11,13,15-16,19H,9H2,1-2H3,(H,27,29)(H2,22,23,24)/b26-8+/t13-,15-,16-,19-/m1/s1. The molecule has 0 aliphatic carbocycles. The number of hydrogen-bond acceptors (Lipinski definition) is 10. The van der Waals surface area contributed by atoms with E-state index in [-0.39, 0.29) is 12.4 Å². The Morgan fingerprint density at radius 3 is 2.85 bits per heavy atom. The highest BCUT2D eigenvalue weighted by atomic mass is 16.8. The van der Waals surface area contributed by atoms with Crippen molar-refractivity contribution in [1.82, 2.24) is 24.9 Å². The number of fused-ring (bicyclic) bond motifs is 2. The number of carbonyl (C=O) groups excluding carboxylic acids is 1. The lowest BCUT2D eigenvalue weighted by Gasteiger charge is -2.24. The van der Waals surface area contributed by atoms with Crippen LogP contribution >= 0.6 is 0 Å². The van der Waals surface area contributed by atoms with Crippen LogP contribution in [-0.4, -0.2) is 62.5 Å². The number of hydrogen-bond donors (Lipinski definition) is 2. The molecule has 5 rings (SSSR count). The Kier molecular flexibility index (Phi) is 5.40. The molecular weight excluding hydrogens is 430 g/mol. The summed E-state index contributed by atoms with van der Waals surface area (Å²) in [4.78, 5) is 24.6. The third-order valence-electron chi connectivity index (χ3n) is 5.33. The fraction of sp³-hybridized carbons (Fsp3) is 0.381. The van der Waals surface area contributed by atoms with E-state index in [1.54, 1.807) is 10.9 Å². The maximum Gasteiger partial charge on any atom is 0.427 e. The zero-order valence-electron chi connectivity index (χ0n) is 18.0. The van der Waals surface area contributed by atoms with Crippen LogP contribution in [0.2, 0.25) is 0 Å². The zero-order chi connectivity index (χ0) is 23.0. The maximum atomic E-state index is 12.1. The van der Waals surface area contributed by atoms with E-state index in [1.807, 2.05) is 44.2 Å². The van der Waals surface area contributed by atoms with Crippen LogP contribution in [0.25, 0.3) is 11.2 Å². The monoisotopic (exact) mass is 453 g/mol. The van der Waals surface area contributed by atoms with Crippen LogP contribution in [0, 0.1) is 0 Å². The van der Waals surface area contributed by atoms with Crippen molar-refractivity contribution in [2.24, 2.45) is 5.10 Å². The van der Waals surface area contributed by atoms with Crippen LogP contribution in [0.3, 0.4) is 0 Å². The summed E-state index contributed by atoms with van der Waals surface area (Å²) >= 11 is 0. The molecule has 172 valence electrons. The molecule has 2 fully saturated rings. The number of ether oxygens (including phenoxy) is 4. The Labute approximate surface area is 188 Å². The van der Waals surface area contributed by atoms with E-state index >= 15 is 0 Å². The van der Waals surface area contributed by atoms with Gasteiger partial charge in [0.1, 0.15) is 36.8 Å². The molecule has 1 amide bonds. The van der Waals surface area contributed by atoms with Gasteiger partial charge in [-0.15, -0.1) is 0 Å². The molecule has 0 bridgehead atoms. The van der Waals surface area contributed by atoms with Gasteiger partial charge in [0.2, 0.25) is 0 Å². The quantitative estimate of drug-likeness (QED) is 0.434. The molecule has 2 aromatic heterocycles. The van der Waals surface area contributed by atoms with Crippen LogP contribution in [0.1, 0.15) is 25.6 Å². The minimum absolute atomic E-state index is 0.0620. The minimum atomic E-state index is -0.831. The number of carbonyl (C=O) groups is 1. The van der Waals surface area contributed by atoms with Gasteiger partial charge in [-0.2, -0.15) is 5.10 Å². The normalized spacial score (nSPS) is 26.0. The molecule has 0 unspecified atom stereocenters. The van der Waals surface area contributed by atoms with E-state index in [9.17, 15) is 4.79 Å². The number of anilines is 1. The predicted octanol–water partition coefficient (Wildman–Crippen LogP) is 1.59. The molecule has 33 heavy (non-hydrogen) atoms. The molecule has 0 saturated carbocycles. The number of nitrogens with zero attached hydrogens (tertiary/aromatic N) is 5. The number of aromatic nitrogens is 4. The average molecular weight is 453 g/mol. The molecule has 2 saturated heterocycles. The van der Waals surface area contributed by atoms with Gasteiger partial charge in [0.25, 0.3) is 0 Å². The topological polar surface area (TPSA) is 148 Å². The van der Waals surface area contributed by atoms with Gasteiger partial charge in [-0.25, -0.2) is 25.2 Å². The third kappa shape index (κ3) is 4.23. The Bertz CT molecular complexity index is 1180. The van der Waals surface area contributed by atoms with Gasteiger partial charge in [-0.3, -0.25) is 4.57 Å². The molecule has 2 aliphatic rings. The van der Waals surface area contributed by atoms with Crippen LogP contribution in [0.5, 0.6) is 0 Å². The highest BCUT2D eigenvalue weighted by Crippen LogP contribution is 2.43. The van der Waals surface area contributed by atoms with Gasteiger partial charge in [-0.1, -0.05) is 30.3 Å². The van der Waals surface area contributed by atoms with Gasteiger partial charge in [0.05, 0.1) is 12.5 Å². The number of benzene rings is 1. The highest BCUT2D eigenvalue weighted by Gasteiger charge is 2.56. The van der Waals surface area contributed by atoms with Gasteiger partial charge in [-0.05, 0) is 19.4 Å². The van der Waals surface area contributed by atoms with Gasteiger partial charge < -0.3 is 24.7 Å². The first kappa shape index (κ1) is 21.2. The van der Waals surface area contributed by atoms with E-state index in [1.165, 1.54) is 12.5 Å². The summed E-state index contributed by atoms with van der Waals surface area (Å²) in [7, 11) is 0. The SMILES string of the molecule is CC1(C)O[C@@H]2[C@H](O1)[C@@H](COC(=O)N/N=C/c1ccccc1)O[C@H]2n1cnc2c(N)ncnc21. The summed E-state index contributed by atoms with van der Waals surface area (Å²) in [5.74, 6) is -0.563. The largest absolute Gasteiger partial charge is 0.445 e. The van der Waals surface area contributed by atoms with Crippen molar-refractivity contribution in [2.45, 2.75) is 44.2 Å². The molecule has 4 heterocycles. The van der Waals surface area contributed by atoms with E-state index in [4.69, 9.17) is 24.7 Å². The summed E-state index contributed by atoms with van der Waals surface area (Å²) in [6, 6.07) is 9.37. The maximum absolute atomic E-state index is 12.1. The first-order valence-electron chi connectivity index (χ1n) is 10.4. The first-order valence-corrected chi connectivity index (χ1v) is 10.4. The van der Waals surface area contributed by atoms with E-state index in [2.05, 4.69) is 25.5 Å². The lowest BCUT2D eigenvalue weighted by molar-refractivity contribution is -0.199. The first-order chi connectivity index (χ1) is 15.9. The molecular formula is C21H23N7O5. The summed E-state index contributed by atoms with van der Waals surface area (Å²) in [6.07, 6.45) is 1.61. The van der Waals surface area contributed by atoms with Crippen LogP contribution < -0.4 is 11.2 Å². The molecule has 3 N–H and O–H groups in total. The number of nitrogens with one attached hydrogen (secondary N) is 1. The second-order valence-corrected chi connectivity index (χ2v) is 8.09. The van der Waals surface area contributed by atoms with Crippen molar-refractivity contribution in [3.63, 3.8) is 0 Å². The summed E-state index contributed by atoms with van der Waals surface area (Å²) < 4.78 is 25.3. The van der Waals surface area contributed by atoms with Crippen LogP contribution in [0.15, 0.2) is 48.1 Å². The van der Waals surface area contributed by atoms with Crippen molar-refractivity contribution in [2.75, 3.05) is 12.3 Å². The Morgan fingerprint density at radius 2 is 2.03 bits per heavy atom. The van der Waals surface area contributed by atoms with Gasteiger partial charge in [0, 0.05) is 0 Å². The highest BCUT2D eigenvalue weighted by molar-refractivity contribution is 5.81. The molecule has 12 nitrogen and oxygen atoms in total. The van der Waals surface area contributed by atoms with E-state index < -0.39 is 36.4 Å². The van der Waals surface area contributed by atoms with Gasteiger partial charge in [0.15, 0.2) is 23.5 Å². The molecule has 0 radical (unpaired) electrons. The average Bonchev–Trinajstić information content (AvgIpc) is 3.44. The zero-order valence-corrected chi connectivity index (χ0v) is 18.0. The molecule has 4 atom stereocenters. The van der Waals surface area contributed by atoms with Crippen molar-refractivity contribution in [3.05, 3.63) is 48.5 Å². The number of rotatable bonds is 5. The third-order valence-corrected chi connectivity index (χ3v) is 5.33.